The number of amides is 1. The van der Waals surface area contributed by atoms with Gasteiger partial charge in [0.25, 0.3) is 0 Å². The van der Waals surface area contributed by atoms with Crippen LogP contribution in [0.5, 0.6) is 0 Å². The maximum Gasteiger partial charge on any atom is 0.223 e. The highest BCUT2D eigenvalue weighted by atomic mass is 35.5. The largest absolute Gasteiger partial charge is 0.337 e. The van der Waals surface area contributed by atoms with Crippen molar-refractivity contribution in [3.63, 3.8) is 0 Å². The quantitative estimate of drug-likeness (QED) is 0.867. The van der Waals surface area contributed by atoms with Gasteiger partial charge in [-0.3, -0.25) is 4.79 Å². The van der Waals surface area contributed by atoms with Crippen molar-refractivity contribution < 1.29 is 4.79 Å². The maximum atomic E-state index is 12.1. The molecule has 1 saturated heterocycles. The molecule has 5 heteroatoms. The van der Waals surface area contributed by atoms with Gasteiger partial charge in [0, 0.05) is 42.7 Å². The predicted molar refractivity (Wildman–Crippen MR) is 83.1 cm³/mol. The van der Waals surface area contributed by atoms with E-state index in [2.05, 4.69) is 24.4 Å². The van der Waals surface area contributed by atoms with Crippen LogP contribution in [0.3, 0.4) is 0 Å². The fourth-order valence-electron chi connectivity index (χ4n) is 2.13. The van der Waals surface area contributed by atoms with Crippen LogP contribution in [0.1, 0.15) is 13.3 Å². The summed E-state index contributed by atoms with van der Waals surface area (Å²) in [5.74, 6) is 1.15. The lowest BCUT2D eigenvalue weighted by Gasteiger charge is -2.34. The van der Waals surface area contributed by atoms with Crippen molar-refractivity contribution in [1.82, 2.24) is 10.2 Å². The number of halogens is 1. The van der Waals surface area contributed by atoms with Crippen molar-refractivity contribution >= 4 is 30.1 Å². The molecule has 0 aliphatic carbocycles. The molecule has 0 aromatic heterocycles. The smallest absolute Gasteiger partial charge is 0.223 e. The van der Waals surface area contributed by atoms with Gasteiger partial charge in [0.15, 0.2) is 0 Å². The van der Waals surface area contributed by atoms with Crippen LogP contribution in [0.15, 0.2) is 35.2 Å². The average molecular weight is 301 g/mol. The molecule has 1 amide bonds. The van der Waals surface area contributed by atoms with Gasteiger partial charge in [0.2, 0.25) is 5.91 Å². The molecule has 1 aliphatic rings. The number of carbonyl (C=O) groups is 1. The van der Waals surface area contributed by atoms with Gasteiger partial charge in [0.05, 0.1) is 0 Å². The van der Waals surface area contributed by atoms with Crippen molar-refractivity contribution in [2.75, 3.05) is 25.4 Å². The lowest BCUT2D eigenvalue weighted by Crippen LogP contribution is -2.52. The van der Waals surface area contributed by atoms with Crippen molar-refractivity contribution in [3.05, 3.63) is 30.3 Å². The molecule has 2 rings (SSSR count). The topological polar surface area (TPSA) is 32.3 Å². The molecule has 1 aliphatic heterocycles. The summed E-state index contributed by atoms with van der Waals surface area (Å²) in [6, 6.07) is 10.6. The van der Waals surface area contributed by atoms with Crippen LogP contribution in [0.2, 0.25) is 0 Å². The monoisotopic (exact) mass is 300 g/mol. The van der Waals surface area contributed by atoms with Crippen molar-refractivity contribution in [2.45, 2.75) is 24.3 Å². The summed E-state index contributed by atoms with van der Waals surface area (Å²) in [6.07, 6.45) is 0.629. The summed E-state index contributed by atoms with van der Waals surface area (Å²) in [5, 5.41) is 3.30. The molecule has 19 heavy (non-hydrogen) atoms. The molecule has 0 bridgehead atoms. The number of nitrogens with zero attached hydrogens (tertiary/aromatic N) is 1. The van der Waals surface area contributed by atoms with Gasteiger partial charge in [-0.1, -0.05) is 18.2 Å². The van der Waals surface area contributed by atoms with Crippen LogP contribution in [-0.4, -0.2) is 42.2 Å². The van der Waals surface area contributed by atoms with E-state index in [1.807, 2.05) is 23.1 Å². The molecule has 1 heterocycles. The Kier molecular flexibility index (Phi) is 7.28. The minimum atomic E-state index is 0. The highest BCUT2D eigenvalue weighted by molar-refractivity contribution is 7.99. The first-order valence-corrected chi connectivity index (χ1v) is 7.44. The van der Waals surface area contributed by atoms with E-state index < -0.39 is 0 Å². The number of carbonyl (C=O) groups excluding carboxylic acids is 1. The average Bonchev–Trinajstić information content (AvgIpc) is 2.40. The molecular weight excluding hydrogens is 280 g/mol. The fourth-order valence-corrected chi connectivity index (χ4v) is 2.99. The van der Waals surface area contributed by atoms with E-state index in [0.717, 1.165) is 25.4 Å². The van der Waals surface area contributed by atoms with Crippen molar-refractivity contribution in [3.8, 4) is 0 Å². The molecule has 1 N–H and O–H groups in total. The Labute approximate surface area is 125 Å². The van der Waals surface area contributed by atoms with Crippen molar-refractivity contribution in [2.24, 2.45) is 0 Å². The maximum absolute atomic E-state index is 12.1. The van der Waals surface area contributed by atoms with Crippen molar-refractivity contribution in [1.29, 1.82) is 0 Å². The molecular formula is C14H21ClN2OS. The van der Waals surface area contributed by atoms with E-state index in [9.17, 15) is 4.79 Å². The molecule has 106 valence electrons. The molecule has 0 saturated carbocycles. The molecule has 1 aromatic carbocycles. The van der Waals surface area contributed by atoms with Gasteiger partial charge < -0.3 is 10.2 Å². The van der Waals surface area contributed by atoms with E-state index in [0.29, 0.717) is 12.5 Å². The first kappa shape index (κ1) is 16.3. The van der Waals surface area contributed by atoms with Crippen LogP contribution >= 0.6 is 24.2 Å². The van der Waals surface area contributed by atoms with Crippen LogP contribution in [-0.2, 0) is 4.79 Å². The summed E-state index contributed by atoms with van der Waals surface area (Å²) in [7, 11) is 0. The Balaban J connectivity index is 0.00000180. The number of piperazine rings is 1. The van der Waals surface area contributed by atoms with Crippen LogP contribution in [0.25, 0.3) is 0 Å². The zero-order chi connectivity index (χ0) is 12.8. The Bertz CT molecular complexity index is 388. The second-order valence-corrected chi connectivity index (χ2v) is 5.72. The molecule has 0 radical (unpaired) electrons. The molecule has 1 aromatic rings. The second kappa shape index (κ2) is 8.46. The van der Waals surface area contributed by atoms with Gasteiger partial charge in [-0.25, -0.2) is 0 Å². The zero-order valence-corrected chi connectivity index (χ0v) is 12.8. The normalized spacial score (nSPS) is 18.8. The predicted octanol–water partition coefficient (Wildman–Crippen LogP) is 2.41. The zero-order valence-electron chi connectivity index (χ0n) is 11.2. The highest BCUT2D eigenvalue weighted by Crippen LogP contribution is 2.18. The lowest BCUT2D eigenvalue weighted by molar-refractivity contribution is -0.133. The third-order valence-corrected chi connectivity index (χ3v) is 4.16. The van der Waals surface area contributed by atoms with E-state index in [4.69, 9.17) is 0 Å². The first-order chi connectivity index (χ1) is 8.77. The molecule has 1 fully saturated rings. The molecule has 3 nitrogen and oxygen atoms in total. The lowest BCUT2D eigenvalue weighted by atomic mass is 10.2. The second-order valence-electron chi connectivity index (χ2n) is 4.55. The fraction of sp³-hybridized carbons (Fsp3) is 0.500. The minimum Gasteiger partial charge on any atom is -0.337 e. The molecule has 1 atom stereocenters. The summed E-state index contributed by atoms with van der Waals surface area (Å²) >= 11 is 1.75. The summed E-state index contributed by atoms with van der Waals surface area (Å²) in [4.78, 5) is 15.3. The standard InChI is InChI=1S/C14H20N2OS.ClH/c1-12-11-15-8-9-16(12)14(17)7-10-18-13-5-3-2-4-6-13;/h2-6,12,15H,7-11H2,1H3;1H/t12-;/m0./s1. The SMILES string of the molecule is C[C@H]1CNCCN1C(=O)CCSc1ccccc1.Cl. The molecule has 0 unspecified atom stereocenters. The van der Waals surface area contributed by atoms with E-state index in [1.54, 1.807) is 11.8 Å². The summed E-state index contributed by atoms with van der Waals surface area (Å²) in [6.45, 7) is 4.78. The van der Waals surface area contributed by atoms with E-state index >= 15 is 0 Å². The summed E-state index contributed by atoms with van der Waals surface area (Å²) in [5.41, 5.74) is 0. The van der Waals surface area contributed by atoms with E-state index in [1.165, 1.54) is 4.90 Å². The Morgan fingerprint density at radius 1 is 1.42 bits per heavy atom. The Hall–Kier alpha value is -0.710. The number of nitrogens with one attached hydrogen (secondary N) is 1. The van der Waals surface area contributed by atoms with Crippen LogP contribution < -0.4 is 5.32 Å². The number of hydrogen-bond donors (Lipinski definition) is 1. The third kappa shape index (κ3) is 5.05. The van der Waals surface area contributed by atoms with Crippen LogP contribution in [0.4, 0.5) is 0 Å². The minimum absolute atomic E-state index is 0. The molecule has 0 spiro atoms. The van der Waals surface area contributed by atoms with Gasteiger partial charge in [-0.05, 0) is 19.1 Å². The number of rotatable bonds is 4. The number of benzene rings is 1. The third-order valence-electron chi connectivity index (χ3n) is 3.15. The number of hydrogen-bond acceptors (Lipinski definition) is 3. The van der Waals surface area contributed by atoms with Gasteiger partial charge in [-0.2, -0.15) is 0 Å². The first-order valence-electron chi connectivity index (χ1n) is 6.45. The van der Waals surface area contributed by atoms with Gasteiger partial charge in [-0.15, -0.1) is 24.2 Å². The Morgan fingerprint density at radius 2 is 2.16 bits per heavy atom. The number of thioether (sulfide) groups is 1. The summed E-state index contributed by atoms with van der Waals surface area (Å²) < 4.78 is 0. The Morgan fingerprint density at radius 3 is 2.84 bits per heavy atom. The van der Waals surface area contributed by atoms with Gasteiger partial charge >= 0.3 is 0 Å². The van der Waals surface area contributed by atoms with Gasteiger partial charge in [0.1, 0.15) is 0 Å². The van der Waals surface area contributed by atoms with E-state index in [-0.39, 0.29) is 18.3 Å². The van der Waals surface area contributed by atoms with Crippen LogP contribution in [0, 0.1) is 0 Å². The highest BCUT2D eigenvalue weighted by Gasteiger charge is 2.22.